The minimum atomic E-state index is -0.515. The van der Waals surface area contributed by atoms with E-state index in [1.807, 2.05) is 6.07 Å². The van der Waals surface area contributed by atoms with Gasteiger partial charge >= 0.3 is 5.69 Å². The summed E-state index contributed by atoms with van der Waals surface area (Å²) in [6.07, 6.45) is 0. The van der Waals surface area contributed by atoms with E-state index in [1.165, 1.54) is 15.9 Å². The number of nitrogens with zero attached hydrogens (tertiary/aromatic N) is 3. The number of aromatic nitrogens is 2. The van der Waals surface area contributed by atoms with E-state index in [-0.39, 0.29) is 18.6 Å². The minimum Gasteiger partial charge on any atom is -0.324 e. The van der Waals surface area contributed by atoms with Gasteiger partial charge in [-0.3, -0.25) is 18.7 Å². The van der Waals surface area contributed by atoms with Gasteiger partial charge in [-0.05, 0) is 36.6 Å². The Morgan fingerprint density at radius 1 is 1.28 bits per heavy atom. The van der Waals surface area contributed by atoms with Crippen LogP contribution in [-0.2, 0) is 17.9 Å². The van der Waals surface area contributed by atoms with E-state index >= 15 is 0 Å². The standard InChI is InChI=1S/C17H14N4O3S/c1-2-20-16(23)15-13(6-7-25-15)21(17(20)24)10-14(22)19-12-5-3-4-11(8-12)9-18/h3-8H,2,10H2,1H3,(H,19,22). The van der Waals surface area contributed by atoms with Crippen molar-refractivity contribution in [3.05, 3.63) is 62.1 Å². The van der Waals surface area contributed by atoms with Crippen LogP contribution in [0.3, 0.4) is 0 Å². The number of fused-ring (bicyclic) bond motifs is 1. The Kier molecular flexibility index (Phi) is 4.50. The number of benzene rings is 1. The Balaban J connectivity index is 1.96. The summed E-state index contributed by atoms with van der Waals surface area (Å²) in [4.78, 5) is 37.1. The van der Waals surface area contributed by atoms with Gasteiger partial charge in [0, 0.05) is 12.2 Å². The largest absolute Gasteiger partial charge is 0.331 e. The van der Waals surface area contributed by atoms with E-state index in [0.29, 0.717) is 21.5 Å². The van der Waals surface area contributed by atoms with Crippen LogP contribution in [0.15, 0.2) is 45.3 Å². The van der Waals surface area contributed by atoms with Crippen molar-refractivity contribution in [2.45, 2.75) is 20.0 Å². The molecule has 7 nitrogen and oxygen atoms in total. The first-order chi connectivity index (χ1) is 12.0. The zero-order valence-electron chi connectivity index (χ0n) is 13.4. The highest BCUT2D eigenvalue weighted by molar-refractivity contribution is 7.17. The fourth-order valence-corrected chi connectivity index (χ4v) is 3.42. The summed E-state index contributed by atoms with van der Waals surface area (Å²) in [5.41, 5.74) is 0.498. The molecule has 0 atom stereocenters. The molecule has 2 aromatic heterocycles. The Hall–Kier alpha value is -3.18. The smallest absolute Gasteiger partial charge is 0.324 e. The molecule has 1 N–H and O–H groups in total. The van der Waals surface area contributed by atoms with Crippen molar-refractivity contribution in [3.8, 4) is 6.07 Å². The van der Waals surface area contributed by atoms with Crippen molar-refractivity contribution in [2.75, 3.05) is 5.32 Å². The molecule has 2 heterocycles. The highest BCUT2D eigenvalue weighted by Crippen LogP contribution is 2.15. The second kappa shape index (κ2) is 6.75. The van der Waals surface area contributed by atoms with Gasteiger partial charge in [-0.25, -0.2) is 4.79 Å². The average Bonchev–Trinajstić information content (AvgIpc) is 3.09. The first kappa shape index (κ1) is 16.7. The lowest BCUT2D eigenvalue weighted by molar-refractivity contribution is -0.116. The molecule has 1 aromatic carbocycles. The van der Waals surface area contributed by atoms with Gasteiger partial charge in [-0.15, -0.1) is 11.3 Å². The van der Waals surface area contributed by atoms with Crippen LogP contribution in [0, 0.1) is 11.3 Å². The molecule has 0 unspecified atom stereocenters. The van der Waals surface area contributed by atoms with E-state index in [2.05, 4.69) is 5.32 Å². The normalized spacial score (nSPS) is 10.6. The molecule has 0 fully saturated rings. The molecule has 0 aliphatic rings. The Bertz CT molecular complexity index is 1120. The molecular formula is C17H14N4O3S. The molecule has 0 aliphatic heterocycles. The Morgan fingerprint density at radius 3 is 2.80 bits per heavy atom. The van der Waals surface area contributed by atoms with Crippen molar-refractivity contribution in [1.29, 1.82) is 5.26 Å². The third-order valence-electron chi connectivity index (χ3n) is 3.73. The first-order valence-corrected chi connectivity index (χ1v) is 8.44. The molecule has 0 spiro atoms. The van der Waals surface area contributed by atoms with E-state index in [9.17, 15) is 14.4 Å². The minimum absolute atomic E-state index is 0.219. The number of amides is 1. The van der Waals surface area contributed by atoms with Crippen LogP contribution in [0.4, 0.5) is 5.69 Å². The molecule has 3 rings (SSSR count). The van der Waals surface area contributed by atoms with Gasteiger partial charge in [0.25, 0.3) is 5.56 Å². The number of hydrogen-bond donors (Lipinski definition) is 1. The summed E-state index contributed by atoms with van der Waals surface area (Å²) in [5, 5.41) is 13.3. The van der Waals surface area contributed by atoms with Crippen LogP contribution in [0.1, 0.15) is 12.5 Å². The van der Waals surface area contributed by atoms with Gasteiger partial charge in [0.15, 0.2) is 0 Å². The molecule has 3 aromatic rings. The average molecular weight is 354 g/mol. The molecule has 0 bridgehead atoms. The number of thiophene rings is 1. The quantitative estimate of drug-likeness (QED) is 0.772. The molecular weight excluding hydrogens is 340 g/mol. The van der Waals surface area contributed by atoms with Gasteiger partial charge in [0.2, 0.25) is 5.91 Å². The van der Waals surface area contributed by atoms with Gasteiger partial charge in [0.1, 0.15) is 11.2 Å². The van der Waals surface area contributed by atoms with Crippen molar-refractivity contribution in [3.63, 3.8) is 0 Å². The maximum Gasteiger partial charge on any atom is 0.331 e. The van der Waals surface area contributed by atoms with Gasteiger partial charge in [0.05, 0.1) is 17.1 Å². The molecule has 1 amide bonds. The Labute approximate surface area is 146 Å². The van der Waals surface area contributed by atoms with E-state index in [1.54, 1.807) is 42.6 Å². The third kappa shape index (κ3) is 3.09. The van der Waals surface area contributed by atoms with E-state index in [4.69, 9.17) is 5.26 Å². The van der Waals surface area contributed by atoms with Crippen LogP contribution in [0.2, 0.25) is 0 Å². The fourth-order valence-electron chi connectivity index (χ4n) is 2.58. The summed E-state index contributed by atoms with van der Waals surface area (Å²) in [6, 6.07) is 10.2. The van der Waals surface area contributed by atoms with Crippen molar-refractivity contribution < 1.29 is 4.79 Å². The lowest BCUT2D eigenvalue weighted by Gasteiger charge is -2.11. The molecule has 0 saturated carbocycles. The SMILES string of the molecule is CCn1c(=O)c2sccc2n(CC(=O)Nc2cccc(C#N)c2)c1=O. The van der Waals surface area contributed by atoms with Crippen LogP contribution in [0.25, 0.3) is 10.2 Å². The number of carbonyl (C=O) groups is 1. The zero-order chi connectivity index (χ0) is 18.0. The van der Waals surface area contributed by atoms with Crippen molar-refractivity contribution in [1.82, 2.24) is 9.13 Å². The monoisotopic (exact) mass is 354 g/mol. The lowest BCUT2D eigenvalue weighted by Crippen LogP contribution is -2.40. The number of nitriles is 1. The van der Waals surface area contributed by atoms with Crippen LogP contribution in [0.5, 0.6) is 0 Å². The summed E-state index contributed by atoms with van der Waals surface area (Å²) >= 11 is 1.24. The lowest BCUT2D eigenvalue weighted by atomic mass is 10.2. The molecule has 126 valence electrons. The third-order valence-corrected chi connectivity index (χ3v) is 4.62. The van der Waals surface area contributed by atoms with Crippen LogP contribution in [-0.4, -0.2) is 15.0 Å². The van der Waals surface area contributed by atoms with Crippen molar-refractivity contribution in [2.24, 2.45) is 0 Å². The number of nitrogens with one attached hydrogen (secondary N) is 1. The van der Waals surface area contributed by atoms with E-state index < -0.39 is 11.6 Å². The second-order valence-corrected chi connectivity index (χ2v) is 6.21. The molecule has 25 heavy (non-hydrogen) atoms. The highest BCUT2D eigenvalue weighted by atomic mass is 32.1. The topological polar surface area (TPSA) is 96.9 Å². The zero-order valence-corrected chi connectivity index (χ0v) is 14.2. The molecule has 8 heteroatoms. The number of rotatable bonds is 4. The maximum atomic E-state index is 12.5. The predicted molar refractivity (Wildman–Crippen MR) is 95.8 cm³/mol. The molecule has 0 radical (unpaired) electrons. The Morgan fingerprint density at radius 2 is 2.08 bits per heavy atom. The van der Waals surface area contributed by atoms with E-state index in [0.717, 1.165) is 4.57 Å². The number of anilines is 1. The summed E-state index contributed by atoms with van der Waals surface area (Å²) < 4.78 is 2.85. The van der Waals surface area contributed by atoms with Gasteiger partial charge in [-0.1, -0.05) is 6.07 Å². The first-order valence-electron chi connectivity index (χ1n) is 7.56. The predicted octanol–water partition coefficient (Wildman–Crippen LogP) is 1.75. The number of carbonyl (C=O) groups excluding carboxylic acids is 1. The maximum absolute atomic E-state index is 12.5. The highest BCUT2D eigenvalue weighted by Gasteiger charge is 2.15. The van der Waals surface area contributed by atoms with Crippen LogP contribution < -0.4 is 16.6 Å². The van der Waals surface area contributed by atoms with Crippen molar-refractivity contribution >= 4 is 33.1 Å². The second-order valence-electron chi connectivity index (χ2n) is 5.29. The molecule has 0 saturated heterocycles. The number of hydrogen-bond acceptors (Lipinski definition) is 5. The molecule has 0 aliphatic carbocycles. The summed E-state index contributed by atoms with van der Waals surface area (Å²) in [7, 11) is 0. The fraction of sp³-hybridized carbons (Fsp3) is 0.176. The van der Waals surface area contributed by atoms with Gasteiger partial charge in [-0.2, -0.15) is 5.26 Å². The summed E-state index contributed by atoms with van der Waals surface area (Å²) in [6.45, 7) is 1.72. The van der Waals surface area contributed by atoms with Crippen LogP contribution >= 0.6 is 11.3 Å². The van der Waals surface area contributed by atoms with Gasteiger partial charge < -0.3 is 5.32 Å². The summed E-state index contributed by atoms with van der Waals surface area (Å²) in [5.74, 6) is -0.411.